The highest BCUT2D eigenvalue weighted by molar-refractivity contribution is 7.71. The molecular formula is C21H24ClN4OS+. The molecule has 0 unspecified atom stereocenters. The molecule has 5 nitrogen and oxygen atoms in total. The van der Waals surface area contributed by atoms with Gasteiger partial charge in [0.25, 0.3) is 0 Å². The smallest absolute Gasteiger partial charge is 0.203 e. The van der Waals surface area contributed by atoms with Crippen molar-refractivity contribution in [3.63, 3.8) is 0 Å². The second-order valence-corrected chi connectivity index (χ2v) is 8.13. The number of nitrogens with zero attached hydrogens (tertiary/aromatic N) is 3. The molecule has 4 rings (SSSR count). The van der Waals surface area contributed by atoms with Crippen molar-refractivity contribution in [2.45, 2.75) is 32.2 Å². The van der Waals surface area contributed by atoms with Crippen LogP contribution in [-0.2, 0) is 13.2 Å². The number of benzene rings is 2. The third-order valence-electron chi connectivity index (χ3n) is 5.24. The predicted octanol–water partition coefficient (Wildman–Crippen LogP) is 2.78. The van der Waals surface area contributed by atoms with Crippen LogP contribution in [0.1, 0.15) is 18.4 Å². The Bertz CT molecular complexity index is 976. The van der Waals surface area contributed by atoms with Gasteiger partial charge in [-0.05, 0) is 42.0 Å². The van der Waals surface area contributed by atoms with Crippen molar-refractivity contribution in [2.75, 3.05) is 13.1 Å². The van der Waals surface area contributed by atoms with Gasteiger partial charge in [0.1, 0.15) is 0 Å². The number of quaternary nitrogens is 1. The number of hydrogen-bond donors (Lipinski definition) is 2. The van der Waals surface area contributed by atoms with Crippen molar-refractivity contribution in [2.24, 2.45) is 0 Å². The van der Waals surface area contributed by atoms with E-state index in [1.807, 2.05) is 47.1 Å². The van der Waals surface area contributed by atoms with Gasteiger partial charge in [-0.2, -0.15) is 4.68 Å². The van der Waals surface area contributed by atoms with Crippen LogP contribution in [0.3, 0.4) is 0 Å². The fraction of sp³-hybridized carbons (Fsp3) is 0.333. The number of hydrogen-bond acceptors (Lipinski definition) is 3. The number of likely N-dealkylation sites (tertiary alicyclic amines) is 1. The Hall–Kier alpha value is -1.99. The lowest BCUT2D eigenvalue weighted by atomic mass is 10.1. The van der Waals surface area contributed by atoms with Crippen LogP contribution in [0.15, 0.2) is 54.6 Å². The summed E-state index contributed by atoms with van der Waals surface area (Å²) in [5.41, 5.74) is 2.18. The quantitative estimate of drug-likeness (QED) is 0.630. The molecule has 2 heterocycles. The molecule has 0 amide bonds. The molecule has 1 aliphatic heterocycles. The maximum Gasteiger partial charge on any atom is 0.203 e. The highest BCUT2D eigenvalue weighted by Crippen LogP contribution is 2.22. The first-order valence-electron chi connectivity index (χ1n) is 9.59. The van der Waals surface area contributed by atoms with Crippen LogP contribution >= 0.6 is 23.8 Å². The van der Waals surface area contributed by atoms with Gasteiger partial charge in [0.2, 0.25) is 4.77 Å². The van der Waals surface area contributed by atoms with Crippen molar-refractivity contribution < 1.29 is 10.0 Å². The average Bonchev–Trinajstić information content (AvgIpc) is 3.01. The number of rotatable bonds is 5. The summed E-state index contributed by atoms with van der Waals surface area (Å²) in [7, 11) is 0. The van der Waals surface area contributed by atoms with Crippen molar-refractivity contribution in [1.29, 1.82) is 0 Å². The van der Waals surface area contributed by atoms with E-state index < -0.39 is 0 Å². The second kappa shape index (κ2) is 8.57. The van der Waals surface area contributed by atoms with Gasteiger partial charge >= 0.3 is 0 Å². The standard InChI is InChI=1S/C21H23ClN4OS/c22-18-8-6-17(7-9-18)20-23-26(15-24-12-10-19(27)11-13-24)21(28)25(20)14-16-4-2-1-3-5-16/h1-9,19,27H,10-15H2/p+1. The molecule has 146 valence electrons. The molecule has 2 aromatic carbocycles. The number of nitrogens with one attached hydrogen (secondary N) is 1. The summed E-state index contributed by atoms with van der Waals surface area (Å²) in [6.45, 7) is 3.26. The molecule has 28 heavy (non-hydrogen) atoms. The van der Waals surface area contributed by atoms with Crippen LogP contribution in [0.25, 0.3) is 11.4 Å². The molecule has 0 bridgehead atoms. The Morgan fingerprint density at radius 2 is 1.75 bits per heavy atom. The van der Waals surface area contributed by atoms with Gasteiger partial charge in [0.15, 0.2) is 12.5 Å². The molecule has 0 saturated carbocycles. The SMILES string of the molecule is OC1CC[NH+](Cn2nc(-c3ccc(Cl)cc3)n(Cc3ccccc3)c2=S)CC1. The van der Waals surface area contributed by atoms with Crippen LogP contribution in [0, 0.1) is 4.77 Å². The van der Waals surface area contributed by atoms with Gasteiger partial charge in [0, 0.05) is 23.4 Å². The molecule has 1 aliphatic rings. The first-order chi connectivity index (χ1) is 13.6. The summed E-state index contributed by atoms with van der Waals surface area (Å²) in [5, 5.41) is 15.3. The normalized spacial score (nSPS) is 19.6. The minimum absolute atomic E-state index is 0.169. The minimum atomic E-state index is -0.169. The summed E-state index contributed by atoms with van der Waals surface area (Å²) in [6, 6.07) is 18.0. The highest BCUT2D eigenvalue weighted by atomic mass is 35.5. The first-order valence-corrected chi connectivity index (χ1v) is 10.4. The molecule has 1 saturated heterocycles. The largest absolute Gasteiger partial charge is 0.393 e. The van der Waals surface area contributed by atoms with Crippen LogP contribution in [0.2, 0.25) is 5.02 Å². The van der Waals surface area contributed by atoms with E-state index in [4.69, 9.17) is 28.9 Å². The summed E-state index contributed by atoms with van der Waals surface area (Å²) in [5.74, 6) is 0.849. The molecule has 1 fully saturated rings. The zero-order valence-corrected chi connectivity index (χ0v) is 17.2. The maximum absolute atomic E-state index is 9.76. The molecular weight excluding hydrogens is 392 g/mol. The van der Waals surface area contributed by atoms with Gasteiger partial charge in [-0.25, -0.2) is 0 Å². The lowest BCUT2D eigenvalue weighted by molar-refractivity contribution is -0.929. The summed E-state index contributed by atoms with van der Waals surface area (Å²) in [4.78, 5) is 1.40. The molecule has 0 radical (unpaired) electrons. The van der Waals surface area contributed by atoms with Crippen molar-refractivity contribution >= 4 is 23.8 Å². The Morgan fingerprint density at radius 1 is 1.07 bits per heavy atom. The van der Waals surface area contributed by atoms with E-state index in [9.17, 15) is 5.11 Å². The van der Waals surface area contributed by atoms with Gasteiger partial charge in [-0.15, -0.1) is 5.10 Å². The molecule has 0 aliphatic carbocycles. The number of aliphatic hydroxyl groups excluding tert-OH is 1. The van der Waals surface area contributed by atoms with Gasteiger partial charge in [-0.1, -0.05) is 41.9 Å². The minimum Gasteiger partial charge on any atom is -0.393 e. The number of halogens is 1. The summed E-state index contributed by atoms with van der Waals surface area (Å²) < 4.78 is 4.73. The molecule has 2 N–H and O–H groups in total. The monoisotopic (exact) mass is 415 g/mol. The summed E-state index contributed by atoms with van der Waals surface area (Å²) in [6.07, 6.45) is 1.49. The van der Waals surface area contributed by atoms with Crippen LogP contribution < -0.4 is 4.90 Å². The number of aliphatic hydroxyl groups is 1. The summed E-state index contributed by atoms with van der Waals surface area (Å²) >= 11 is 11.9. The van der Waals surface area contributed by atoms with Gasteiger partial charge in [-0.3, -0.25) is 4.57 Å². The third kappa shape index (κ3) is 4.36. The maximum atomic E-state index is 9.76. The van der Waals surface area contributed by atoms with Crippen molar-refractivity contribution in [3.8, 4) is 11.4 Å². The Balaban J connectivity index is 1.68. The van der Waals surface area contributed by atoms with Gasteiger partial charge in [0.05, 0.1) is 25.7 Å². The van der Waals surface area contributed by atoms with E-state index in [1.54, 1.807) is 0 Å². The van der Waals surface area contributed by atoms with Crippen molar-refractivity contribution in [3.05, 3.63) is 70.0 Å². The number of aromatic nitrogens is 3. The Labute approximate surface area is 174 Å². The lowest BCUT2D eigenvalue weighted by Crippen LogP contribution is -3.12. The van der Waals surface area contributed by atoms with Gasteiger partial charge < -0.3 is 10.0 Å². The average molecular weight is 416 g/mol. The zero-order chi connectivity index (χ0) is 19.5. The highest BCUT2D eigenvalue weighted by Gasteiger charge is 2.22. The topological polar surface area (TPSA) is 47.4 Å². The second-order valence-electron chi connectivity index (χ2n) is 7.32. The molecule has 3 aromatic rings. The predicted molar refractivity (Wildman–Crippen MR) is 113 cm³/mol. The zero-order valence-electron chi connectivity index (χ0n) is 15.6. The molecule has 0 atom stereocenters. The van der Waals surface area contributed by atoms with Crippen molar-refractivity contribution in [1.82, 2.24) is 14.3 Å². The van der Waals surface area contributed by atoms with Crippen LogP contribution in [-0.4, -0.2) is 38.6 Å². The Morgan fingerprint density at radius 3 is 2.43 bits per heavy atom. The van der Waals surface area contributed by atoms with E-state index >= 15 is 0 Å². The third-order valence-corrected chi connectivity index (χ3v) is 5.93. The van der Waals surface area contributed by atoms with E-state index in [0.717, 1.165) is 37.3 Å². The molecule has 0 spiro atoms. The fourth-order valence-electron chi connectivity index (χ4n) is 3.65. The molecule has 1 aromatic heterocycles. The first kappa shape index (κ1) is 19.3. The Kier molecular flexibility index (Phi) is 5.92. The molecule has 7 heteroatoms. The van der Waals surface area contributed by atoms with E-state index in [-0.39, 0.29) is 6.10 Å². The van der Waals surface area contributed by atoms with E-state index in [1.165, 1.54) is 10.5 Å². The van der Waals surface area contributed by atoms with E-state index in [2.05, 4.69) is 16.7 Å². The van der Waals surface area contributed by atoms with Crippen LogP contribution in [0.5, 0.6) is 0 Å². The van der Waals surface area contributed by atoms with E-state index in [0.29, 0.717) is 23.0 Å². The number of piperidine rings is 1. The fourth-order valence-corrected chi connectivity index (χ4v) is 4.03. The van der Waals surface area contributed by atoms with Crippen LogP contribution in [0.4, 0.5) is 0 Å². The lowest BCUT2D eigenvalue weighted by Gasteiger charge is -2.26.